The molecule has 1 aromatic carbocycles. The third kappa shape index (κ3) is 4.38. The van der Waals surface area contributed by atoms with E-state index in [-0.39, 0.29) is 12.6 Å². The second-order valence-electron chi connectivity index (χ2n) is 5.32. The number of aliphatic carboxylic acids is 1. The smallest absolute Gasteiger partial charge is 0.394 e. The topological polar surface area (TPSA) is 84.9 Å². The van der Waals surface area contributed by atoms with Gasteiger partial charge in [0.2, 0.25) is 0 Å². The molecule has 0 bridgehead atoms. The molecule has 6 nitrogen and oxygen atoms in total. The zero-order chi connectivity index (χ0) is 15.9. The van der Waals surface area contributed by atoms with Crippen LogP contribution >= 0.6 is 0 Å². The molecular weight excluding hydrogens is 286 g/mol. The SMILES string of the molecule is COc1ccc(CCNC(=O)C(=O)O)cc1OC1CCCC1. The number of rotatable bonds is 6. The van der Waals surface area contributed by atoms with Gasteiger partial charge < -0.3 is 19.9 Å². The number of ether oxygens (including phenoxy) is 2. The zero-order valence-corrected chi connectivity index (χ0v) is 12.6. The Balaban J connectivity index is 1.96. The van der Waals surface area contributed by atoms with E-state index in [1.807, 2.05) is 18.2 Å². The van der Waals surface area contributed by atoms with Crippen molar-refractivity contribution in [3.63, 3.8) is 0 Å². The summed E-state index contributed by atoms with van der Waals surface area (Å²) in [4.78, 5) is 21.4. The van der Waals surface area contributed by atoms with Crippen molar-refractivity contribution in [3.8, 4) is 11.5 Å². The summed E-state index contributed by atoms with van der Waals surface area (Å²) in [6, 6.07) is 5.61. The highest BCUT2D eigenvalue weighted by Crippen LogP contribution is 2.32. The molecule has 0 aliphatic heterocycles. The van der Waals surface area contributed by atoms with E-state index in [2.05, 4.69) is 5.32 Å². The summed E-state index contributed by atoms with van der Waals surface area (Å²) >= 11 is 0. The van der Waals surface area contributed by atoms with Gasteiger partial charge in [-0.25, -0.2) is 4.79 Å². The summed E-state index contributed by atoms with van der Waals surface area (Å²) < 4.78 is 11.3. The van der Waals surface area contributed by atoms with Gasteiger partial charge in [0.25, 0.3) is 0 Å². The molecule has 2 rings (SSSR count). The third-order valence-corrected chi connectivity index (χ3v) is 3.72. The number of hydrogen-bond donors (Lipinski definition) is 2. The Morgan fingerprint density at radius 3 is 2.64 bits per heavy atom. The van der Waals surface area contributed by atoms with E-state index < -0.39 is 11.9 Å². The van der Waals surface area contributed by atoms with E-state index in [0.29, 0.717) is 17.9 Å². The van der Waals surface area contributed by atoms with Gasteiger partial charge >= 0.3 is 11.9 Å². The minimum atomic E-state index is -1.47. The highest BCUT2D eigenvalue weighted by atomic mass is 16.5. The molecule has 0 saturated heterocycles. The van der Waals surface area contributed by atoms with Crippen molar-refractivity contribution >= 4 is 11.9 Å². The lowest BCUT2D eigenvalue weighted by atomic mass is 10.1. The van der Waals surface area contributed by atoms with E-state index in [0.717, 1.165) is 18.4 Å². The van der Waals surface area contributed by atoms with Gasteiger partial charge in [0.15, 0.2) is 11.5 Å². The Kier molecular flexibility index (Phi) is 5.63. The van der Waals surface area contributed by atoms with Gasteiger partial charge in [-0.3, -0.25) is 4.79 Å². The minimum absolute atomic E-state index is 0.232. The van der Waals surface area contributed by atoms with Crippen LogP contribution in [-0.4, -0.2) is 36.7 Å². The normalized spacial score (nSPS) is 14.6. The summed E-state index contributed by atoms with van der Waals surface area (Å²) in [6.07, 6.45) is 5.26. The molecule has 0 radical (unpaired) electrons. The number of carboxylic acid groups (broad SMARTS) is 1. The average molecular weight is 307 g/mol. The van der Waals surface area contributed by atoms with Crippen LogP contribution in [0.25, 0.3) is 0 Å². The van der Waals surface area contributed by atoms with Crippen molar-refractivity contribution < 1.29 is 24.2 Å². The van der Waals surface area contributed by atoms with Crippen molar-refractivity contribution in [2.45, 2.75) is 38.2 Å². The van der Waals surface area contributed by atoms with Crippen LogP contribution in [0.2, 0.25) is 0 Å². The maximum Gasteiger partial charge on any atom is 0.394 e. The van der Waals surface area contributed by atoms with Crippen LogP contribution in [0.4, 0.5) is 0 Å². The van der Waals surface area contributed by atoms with Gasteiger partial charge in [-0.15, -0.1) is 0 Å². The first-order chi connectivity index (χ1) is 10.6. The lowest BCUT2D eigenvalue weighted by Gasteiger charge is -2.17. The summed E-state index contributed by atoms with van der Waals surface area (Å²) in [7, 11) is 1.60. The number of carbonyl (C=O) groups is 2. The van der Waals surface area contributed by atoms with Crippen molar-refractivity contribution in [3.05, 3.63) is 23.8 Å². The summed E-state index contributed by atoms with van der Waals surface area (Å²) in [5.74, 6) is -1.07. The lowest BCUT2D eigenvalue weighted by molar-refractivity contribution is -0.150. The maximum absolute atomic E-state index is 11.0. The largest absolute Gasteiger partial charge is 0.493 e. The number of benzene rings is 1. The molecule has 0 spiro atoms. The quantitative estimate of drug-likeness (QED) is 0.782. The highest BCUT2D eigenvalue weighted by molar-refractivity contribution is 6.31. The van der Waals surface area contributed by atoms with E-state index in [4.69, 9.17) is 14.6 Å². The van der Waals surface area contributed by atoms with Crippen LogP contribution in [0.5, 0.6) is 11.5 Å². The van der Waals surface area contributed by atoms with E-state index in [1.54, 1.807) is 7.11 Å². The van der Waals surface area contributed by atoms with Gasteiger partial charge in [-0.05, 0) is 49.8 Å². The molecule has 0 heterocycles. The van der Waals surface area contributed by atoms with Crippen molar-refractivity contribution in [1.29, 1.82) is 0 Å². The standard InChI is InChI=1S/C16H21NO5/c1-21-13-7-6-11(8-9-17-15(18)16(19)20)10-14(13)22-12-4-2-3-5-12/h6-7,10,12H,2-5,8-9H2,1H3,(H,17,18)(H,19,20). The monoisotopic (exact) mass is 307 g/mol. The first-order valence-corrected chi connectivity index (χ1v) is 7.45. The fourth-order valence-corrected chi connectivity index (χ4v) is 2.55. The van der Waals surface area contributed by atoms with Gasteiger partial charge in [0.05, 0.1) is 13.2 Å². The molecular formula is C16H21NO5. The van der Waals surface area contributed by atoms with Crippen molar-refractivity contribution in [1.82, 2.24) is 5.32 Å². The second-order valence-corrected chi connectivity index (χ2v) is 5.32. The van der Waals surface area contributed by atoms with Gasteiger partial charge in [-0.2, -0.15) is 0 Å². The molecule has 1 saturated carbocycles. The Morgan fingerprint density at radius 2 is 2.00 bits per heavy atom. The summed E-state index contributed by atoms with van der Waals surface area (Å²) in [6.45, 7) is 0.264. The number of amides is 1. The summed E-state index contributed by atoms with van der Waals surface area (Å²) in [5.41, 5.74) is 0.958. The van der Waals surface area contributed by atoms with Crippen LogP contribution in [0.1, 0.15) is 31.2 Å². The molecule has 0 atom stereocenters. The Morgan fingerprint density at radius 1 is 1.27 bits per heavy atom. The fourth-order valence-electron chi connectivity index (χ4n) is 2.55. The van der Waals surface area contributed by atoms with Gasteiger partial charge in [-0.1, -0.05) is 6.07 Å². The number of carbonyl (C=O) groups excluding carboxylic acids is 1. The highest BCUT2D eigenvalue weighted by Gasteiger charge is 2.18. The van der Waals surface area contributed by atoms with Crippen molar-refractivity contribution in [2.24, 2.45) is 0 Å². The molecule has 0 unspecified atom stereocenters. The maximum atomic E-state index is 11.0. The van der Waals surface area contributed by atoms with Crippen LogP contribution in [0.3, 0.4) is 0 Å². The van der Waals surface area contributed by atoms with Crippen molar-refractivity contribution in [2.75, 3.05) is 13.7 Å². The molecule has 1 aliphatic carbocycles. The van der Waals surface area contributed by atoms with Crippen LogP contribution in [0.15, 0.2) is 18.2 Å². The number of nitrogens with one attached hydrogen (secondary N) is 1. The zero-order valence-electron chi connectivity index (χ0n) is 12.6. The van der Waals surface area contributed by atoms with E-state index in [9.17, 15) is 9.59 Å². The number of methoxy groups -OCH3 is 1. The second kappa shape index (κ2) is 7.68. The molecule has 0 aromatic heterocycles. The van der Waals surface area contributed by atoms with Crippen LogP contribution in [-0.2, 0) is 16.0 Å². The predicted molar refractivity (Wildman–Crippen MR) is 80.2 cm³/mol. The third-order valence-electron chi connectivity index (χ3n) is 3.72. The molecule has 1 fully saturated rings. The van der Waals surface area contributed by atoms with Crippen LogP contribution in [0, 0.1) is 0 Å². The predicted octanol–water partition coefficient (Wildman–Crippen LogP) is 1.76. The Labute approximate surface area is 129 Å². The molecule has 22 heavy (non-hydrogen) atoms. The average Bonchev–Trinajstić information content (AvgIpc) is 3.00. The minimum Gasteiger partial charge on any atom is -0.493 e. The molecule has 1 aromatic rings. The Hall–Kier alpha value is -2.24. The first-order valence-electron chi connectivity index (χ1n) is 7.45. The van der Waals surface area contributed by atoms with E-state index in [1.165, 1.54) is 12.8 Å². The molecule has 1 amide bonds. The fraction of sp³-hybridized carbons (Fsp3) is 0.500. The van der Waals surface area contributed by atoms with Gasteiger partial charge in [0.1, 0.15) is 0 Å². The molecule has 6 heteroatoms. The number of carboxylic acids is 1. The molecule has 2 N–H and O–H groups in total. The van der Waals surface area contributed by atoms with Gasteiger partial charge in [0, 0.05) is 6.54 Å². The first kappa shape index (κ1) is 16.1. The summed E-state index contributed by atoms with van der Waals surface area (Å²) in [5, 5.41) is 10.8. The van der Waals surface area contributed by atoms with E-state index >= 15 is 0 Å². The Bertz CT molecular complexity index is 537. The molecule has 120 valence electrons. The lowest BCUT2D eigenvalue weighted by Crippen LogP contribution is -2.32. The van der Waals surface area contributed by atoms with Crippen LogP contribution < -0.4 is 14.8 Å². The number of hydrogen-bond acceptors (Lipinski definition) is 4. The molecule has 1 aliphatic rings.